The maximum atomic E-state index is 12.2. The second-order valence-electron chi connectivity index (χ2n) is 6.34. The summed E-state index contributed by atoms with van der Waals surface area (Å²) < 4.78 is 2.15. The van der Waals surface area contributed by atoms with E-state index < -0.39 is 5.91 Å². The third kappa shape index (κ3) is 4.19. The number of benzene rings is 1. The number of nitrogens with one attached hydrogen (secondary N) is 2. The van der Waals surface area contributed by atoms with Crippen LogP contribution in [0, 0.1) is 5.92 Å². The molecule has 2 aromatic rings. The van der Waals surface area contributed by atoms with Crippen molar-refractivity contribution in [1.82, 2.24) is 15.2 Å². The average molecular weight is 418 g/mol. The summed E-state index contributed by atoms with van der Waals surface area (Å²) in [7, 11) is 1.74. The predicted octanol–water partition coefficient (Wildman–Crippen LogP) is 3.08. The van der Waals surface area contributed by atoms with Gasteiger partial charge in [-0.2, -0.15) is 10.2 Å². The number of aromatic nitrogens is 2. The van der Waals surface area contributed by atoms with Crippen LogP contribution in [0.4, 0.5) is 5.69 Å². The summed E-state index contributed by atoms with van der Waals surface area (Å²) >= 11 is 3.29. The van der Waals surface area contributed by atoms with E-state index in [1.54, 1.807) is 24.9 Å². The lowest BCUT2D eigenvalue weighted by Crippen LogP contribution is -2.28. The molecular weight excluding hydrogens is 398 g/mol. The van der Waals surface area contributed by atoms with Crippen molar-refractivity contribution in [3.05, 3.63) is 46.2 Å². The normalized spacial score (nSPS) is 14.7. The predicted molar refractivity (Wildman–Crippen MR) is 103 cm³/mol. The monoisotopic (exact) mass is 417 g/mol. The van der Waals surface area contributed by atoms with Gasteiger partial charge >= 0.3 is 0 Å². The molecule has 0 bridgehead atoms. The number of hydrogen-bond acceptors (Lipinski definition) is 4. The molecule has 0 atom stereocenters. The van der Waals surface area contributed by atoms with Gasteiger partial charge in [0.05, 0.1) is 10.2 Å². The standard InChI is InChI=1S/C18H20BrN5O2/c1-11(21-22-18(26)16-15(19)10-24(2)23-16)13-7-4-8-14(9-13)20-17(25)12-5-3-6-12/h4,7-10,12H,3,5-6H2,1-2H3,(H,20,25)(H,22,26)/b21-11+. The van der Waals surface area contributed by atoms with Gasteiger partial charge in [0.15, 0.2) is 5.69 Å². The number of nitrogens with zero attached hydrogens (tertiary/aromatic N) is 3. The Kier molecular flexibility index (Phi) is 5.51. The summed E-state index contributed by atoms with van der Waals surface area (Å²) in [5.74, 6) is -0.202. The Balaban J connectivity index is 1.66. The lowest BCUT2D eigenvalue weighted by Gasteiger charge is -2.24. The molecule has 1 aliphatic carbocycles. The fraction of sp³-hybridized carbons (Fsp3) is 0.333. The molecule has 1 saturated carbocycles. The maximum Gasteiger partial charge on any atom is 0.293 e. The molecule has 1 aromatic heterocycles. The number of hydrazone groups is 1. The lowest BCUT2D eigenvalue weighted by molar-refractivity contribution is -0.122. The number of rotatable bonds is 5. The number of anilines is 1. The van der Waals surface area contributed by atoms with Gasteiger partial charge in [0.25, 0.3) is 5.91 Å². The van der Waals surface area contributed by atoms with Gasteiger partial charge in [0, 0.05) is 24.8 Å². The smallest absolute Gasteiger partial charge is 0.293 e. The largest absolute Gasteiger partial charge is 0.326 e. The van der Waals surface area contributed by atoms with Crippen LogP contribution in [0.2, 0.25) is 0 Å². The molecule has 1 aromatic carbocycles. The van der Waals surface area contributed by atoms with Gasteiger partial charge in [-0.15, -0.1) is 0 Å². The summed E-state index contributed by atoms with van der Waals surface area (Å²) in [5, 5.41) is 11.2. The first-order chi connectivity index (χ1) is 12.4. The number of aryl methyl sites for hydroxylation is 1. The molecule has 2 amide bonds. The van der Waals surface area contributed by atoms with Crippen molar-refractivity contribution >= 4 is 39.1 Å². The first-order valence-electron chi connectivity index (χ1n) is 8.39. The fourth-order valence-corrected chi connectivity index (χ4v) is 3.16. The summed E-state index contributed by atoms with van der Waals surface area (Å²) in [6.45, 7) is 1.79. The van der Waals surface area contributed by atoms with Crippen LogP contribution in [0.1, 0.15) is 42.2 Å². The maximum absolute atomic E-state index is 12.2. The highest BCUT2D eigenvalue weighted by Gasteiger charge is 2.25. The molecule has 136 valence electrons. The topological polar surface area (TPSA) is 88.4 Å². The Morgan fingerprint density at radius 2 is 2.12 bits per heavy atom. The summed E-state index contributed by atoms with van der Waals surface area (Å²) in [6.07, 6.45) is 4.73. The second kappa shape index (κ2) is 7.82. The molecule has 8 heteroatoms. The summed E-state index contributed by atoms with van der Waals surface area (Å²) in [6, 6.07) is 7.41. The van der Waals surface area contributed by atoms with E-state index in [0.717, 1.165) is 30.5 Å². The lowest BCUT2D eigenvalue weighted by atomic mass is 9.85. The van der Waals surface area contributed by atoms with E-state index in [-0.39, 0.29) is 17.5 Å². The molecule has 0 spiro atoms. The third-order valence-electron chi connectivity index (χ3n) is 4.35. The molecule has 0 unspecified atom stereocenters. The Morgan fingerprint density at radius 1 is 1.35 bits per heavy atom. The molecule has 1 heterocycles. The summed E-state index contributed by atoms with van der Waals surface area (Å²) in [4.78, 5) is 24.2. The summed E-state index contributed by atoms with van der Waals surface area (Å²) in [5.41, 5.74) is 4.95. The van der Waals surface area contributed by atoms with Gasteiger partial charge in [-0.05, 0) is 53.4 Å². The van der Waals surface area contributed by atoms with Gasteiger partial charge in [-0.1, -0.05) is 18.6 Å². The van der Waals surface area contributed by atoms with E-state index in [9.17, 15) is 9.59 Å². The van der Waals surface area contributed by atoms with E-state index in [1.807, 2.05) is 24.3 Å². The van der Waals surface area contributed by atoms with Crippen LogP contribution in [0.3, 0.4) is 0 Å². The molecule has 3 rings (SSSR count). The SMILES string of the molecule is C/C(=N\NC(=O)c1nn(C)cc1Br)c1cccc(NC(=O)C2CCC2)c1. The van der Waals surface area contributed by atoms with Crippen LogP contribution in [0.25, 0.3) is 0 Å². The molecule has 1 fully saturated rings. The van der Waals surface area contributed by atoms with Crippen molar-refractivity contribution in [3.63, 3.8) is 0 Å². The van der Waals surface area contributed by atoms with Gasteiger partial charge in [0.1, 0.15) is 0 Å². The molecular formula is C18H20BrN5O2. The molecule has 0 radical (unpaired) electrons. The van der Waals surface area contributed by atoms with Crippen LogP contribution >= 0.6 is 15.9 Å². The van der Waals surface area contributed by atoms with Gasteiger partial charge < -0.3 is 5.32 Å². The molecule has 0 saturated heterocycles. The highest BCUT2D eigenvalue weighted by molar-refractivity contribution is 9.10. The van der Waals surface area contributed by atoms with Gasteiger partial charge in [-0.25, -0.2) is 5.43 Å². The molecule has 2 N–H and O–H groups in total. The minimum absolute atomic E-state index is 0.0660. The first-order valence-corrected chi connectivity index (χ1v) is 9.18. The molecule has 0 aliphatic heterocycles. The molecule has 1 aliphatic rings. The highest BCUT2D eigenvalue weighted by Crippen LogP contribution is 2.27. The third-order valence-corrected chi connectivity index (χ3v) is 4.93. The highest BCUT2D eigenvalue weighted by atomic mass is 79.9. The Bertz CT molecular complexity index is 870. The number of halogens is 1. The number of amides is 2. The van der Waals surface area contributed by atoms with E-state index in [1.165, 1.54) is 0 Å². The van der Waals surface area contributed by atoms with Crippen LogP contribution in [-0.2, 0) is 11.8 Å². The van der Waals surface area contributed by atoms with Crippen molar-refractivity contribution in [2.45, 2.75) is 26.2 Å². The van der Waals surface area contributed by atoms with E-state index in [0.29, 0.717) is 10.2 Å². The zero-order chi connectivity index (χ0) is 18.7. The zero-order valence-electron chi connectivity index (χ0n) is 14.6. The average Bonchev–Trinajstić information content (AvgIpc) is 2.89. The van der Waals surface area contributed by atoms with Crippen molar-refractivity contribution in [2.24, 2.45) is 18.1 Å². The quantitative estimate of drug-likeness (QED) is 0.578. The van der Waals surface area contributed by atoms with E-state index >= 15 is 0 Å². The minimum atomic E-state index is -0.397. The van der Waals surface area contributed by atoms with Crippen molar-refractivity contribution in [1.29, 1.82) is 0 Å². The Hall–Kier alpha value is -2.48. The minimum Gasteiger partial charge on any atom is -0.326 e. The van der Waals surface area contributed by atoms with E-state index in [4.69, 9.17) is 0 Å². The van der Waals surface area contributed by atoms with Gasteiger partial charge in [-0.3, -0.25) is 14.3 Å². The number of carbonyl (C=O) groups excluding carboxylic acids is 2. The second-order valence-corrected chi connectivity index (χ2v) is 7.19. The molecule has 7 nitrogen and oxygen atoms in total. The number of hydrogen-bond donors (Lipinski definition) is 2. The van der Waals surface area contributed by atoms with Crippen molar-refractivity contribution < 1.29 is 9.59 Å². The van der Waals surface area contributed by atoms with Crippen molar-refractivity contribution in [2.75, 3.05) is 5.32 Å². The Morgan fingerprint density at radius 3 is 2.73 bits per heavy atom. The number of carbonyl (C=O) groups is 2. The fourth-order valence-electron chi connectivity index (χ4n) is 2.60. The van der Waals surface area contributed by atoms with Gasteiger partial charge in [0.2, 0.25) is 5.91 Å². The van der Waals surface area contributed by atoms with E-state index in [2.05, 4.69) is 36.9 Å². The van der Waals surface area contributed by atoms with Crippen molar-refractivity contribution in [3.8, 4) is 0 Å². The van der Waals surface area contributed by atoms with Crippen LogP contribution in [0.5, 0.6) is 0 Å². The zero-order valence-corrected chi connectivity index (χ0v) is 16.2. The van der Waals surface area contributed by atoms with Crippen LogP contribution < -0.4 is 10.7 Å². The van der Waals surface area contributed by atoms with Crippen LogP contribution in [0.15, 0.2) is 40.0 Å². The Labute approximate surface area is 160 Å². The molecule has 26 heavy (non-hydrogen) atoms. The van der Waals surface area contributed by atoms with Crippen LogP contribution in [-0.4, -0.2) is 27.3 Å². The first kappa shape index (κ1) is 18.3.